The van der Waals surface area contributed by atoms with E-state index in [0.717, 1.165) is 5.56 Å². The minimum atomic E-state index is -0.139. The average Bonchev–Trinajstić information content (AvgIpc) is 2.59. The maximum atomic E-state index is 10.0. The Hall–Kier alpha value is -2.12. The largest absolute Gasteiger partial charge is 0.494 e. The third-order valence-corrected chi connectivity index (χ3v) is 2.95. The molecule has 2 N–H and O–H groups in total. The first kappa shape index (κ1) is 12.3. The molecule has 0 saturated heterocycles. The molecule has 1 aromatic carbocycles. The molecule has 0 unspecified atom stereocenters. The number of nitrogens with zero attached hydrogens (tertiary/aromatic N) is 2. The van der Waals surface area contributed by atoms with Crippen LogP contribution in [0.3, 0.4) is 0 Å². The molecule has 2 rings (SSSR count). The summed E-state index contributed by atoms with van der Waals surface area (Å²) >= 11 is 5.91. The first-order valence-electron chi connectivity index (χ1n) is 5.30. The topological polar surface area (TPSA) is 69.2 Å². The zero-order chi connectivity index (χ0) is 13.3. The molecule has 5 heteroatoms. The fraction of sp³-hybridized carbons (Fsp3) is 0.154. The quantitative estimate of drug-likeness (QED) is 0.874. The van der Waals surface area contributed by atoms with E-state index >= 15 is 0 Å². The second-order valence-corrected chi connectivity index (χ2v) is 4.39. The number of aryl methyl sites for hydroxylation is 1. The second-order valence-electron chi connectivity index (χ2n) is 3.95. The van der Waals surface area contributed by atoms with Gasteiger partial charge in [0, 0.05) is 16.7 Å². The molecule has 4 nitrogen and oxygen atoms in total. The molecule has 0 aliphatic heterocycles. The normalized spacial score (nSPS) is 10.3. The van der Waals surface area contributed by atoms with Crippen molar-refractivity contribution in [2.24, 2.45) is 0 Å². The predicted molar refractivity (Wildman–Crippen MR) is 68.2 cm³/mol. The molecule has 0 saturated carbocycles. The van der Waals surface area contributed by atoms with E-state index in [1.807, 2.05) is 13.0 Å². The molecule has 0 amide bonds. The SMILES string of the molecule is Cc1ccc(Cl)cc1-n1c(O)cc(CC#N)c1O. The molecular formula is C13H11ClN2O2. The number of aromatic nitrogens is 1. The monoisotopic (exact) mass is 262 g/mol. The van der Waals surface area contributed by atoms with Crippen LogP contribution in [0.4, 0.5) is 0 Å². The maximum absolute atomic E-state index is 10.0. The highest BCUT2D eigenvalue weighted by Gasteiger charge is 2.16. The van der Waals surface area contributed by atoms with Gasteiger partial charge in [-0.25, -0.2) is 0 Å². The fourth-order valence-electron chi connectivity index (χ4n) is 1.81. The van der Waals surface area contributed by atoms with Crippen LogP contribution in [0, 0.1) is 18.3 Å². The van der Waals surface area contributed by atoms with E-state index in [4.69, 9.17) is 16.9 Å². The number of aromatic hydroxyl groups is 2. The molecule has 0 atom stereocenters. The van der Waals surface area contributed by atoms with E-state index in [1.165, 1.54) is 10.6 Å². The van der Waals surface area contributed by atoms with Gasteiger partial charge in [-0.3, -0.25) is 4.57 Å². The summed E-state index contributed by atoms with van der Waals surface area (Å²) in [4.78, 5) is 0. The molecule has 18 heavy (non-hydrogen) atoms. The third-order valence-electron chi connectivity index (χ3n) is 2.71. The van der Waals surface area contributed by atoms with Crippen LogP contribution in [0.5, 0.6) is 11.8 Å². The molecule has 0 aliphatic rings. The van der Waals surface area contributed by atoms with Gasteiger partial charge in [0.2, 0.25) is 5.88 Å². The van der Waals surface area contributed by atoms with Crippen molar-refractivity contribution in [3.05, 3.63) is 40.4 Å². The van der Waals surface area contributed by atoms with Gasteiger partial charge in [0.25, 0.3) is 0 Å². The van der Waals surface area contributed by atoms with Crippen LogP contribution in [0.1, 0.15) is 11.1 Å². The van der Waals surface area contributed by atoms with Crippen LogP contribution in [-0.2, 0) is 6.42 Å². The van der Waals surface area contributed by atoms with Crippen LogP contribution in [-0.4, -0.2) is 14.8 Å². The van der Waals surface area contributed by atoms with Crippen molar-refractivity contribution in [3.8, 4) is 23.5 Å². The highest BCUT2D eigenvalue weighted by atomic mass is 35.5. The Morgan fingerprint density at radius 2 is 2.06 bits per heavy atom. The van der Waals surface area contributed by atoms with Gasteiger partial charge in [-0.1, -0.05) is 17.7 Å². The number of hydrogen-bond donors (Lipinski definition) is 2. The lowest BCUT2D eigenvalue weighted by atomic mass is 10.2. The highest BCUT2D eigenvalue weighted by Crippen LogP contribution is 2.33. The van der Waals surface area contributed by atoms with Gasteiger partial charge in [0.1, 0.15) is 0 Å². The summed E-state index contributed by atoms with van der Waals surface area (Å²) in [5, 5.41) is 29.0. The van der Waals surface area contributed by atoms with Crippen LogP contribution in [0.25, 0.3) is 5.69 Å². The van der Waals surface area contributed by atoms with Crippen LogP contribution >= 0.6 is 11.6 Å². The molecule has 0 aliphatic carbocycles. The van der Waals surface area contributed by atoms with Crippen molar-refractivity contribution in [1.29, 1.82) is 5.26 Å². The summed E-state index contributed by atoms with van der Waals surface area (Å²) < 4.78 is 1.27. The Labute approximate surface area is 109 Å². The first-order chi connectivity index (χ1) is 8.54. The zero-order valence-electron chi connectivity index (χ0n) is 9.68. The van der Waals surface area contributed by atoms with Crippen LogP contribution < -0.4 is 0 Å². The minimum Gasteiger partial charge on any atom is -0.494 e. The lowest BCUT2D eigenvalue weighted by molar-refractivity contribution is 0.400. The summed E-state index contributed by atoms with van der Waals surface area (Å²) in [6.45, 7) is 1.84. The second kappa shape index (κ2) is 4.63. The van der Waals surface area contributed by atoms with E-state index < -0.39 is 0 Å². The lowest BCUT2D eigenvalue weighted by Crippen LogP contribution is -1.96. The van der Waals surface area contributed by atoms with Gasteiger partial charge in [0.15, 0.2) is 5.88 Å². The van der Waals surface area contributed by atoms with Crippen molar-refractivity contribution in [2.45, 2.75) is 13.3 Å². The summed E-state index contributed by atoms with van der Waals surface area (Å²) in [5.41, 5.74) is 1.82. The Kier molecular flexibility index (Phi) is 3.17. The molecule has 0 fully saturated rings. The maximum Gasteiger partial charge on any atom is 0.203 e. The summed E-state index contributed by atoms with van der Waals surface area (Å²) in [5.74, 6) is -0.262. The van der Waals surface area contributed by atoms with E-state index in [1.54, 1.807) is 18.2 Å². The molecule has 0 spiro atoms. The van der Waals surface area contributed by atoms with Crippen molar-refractivity contribution in [1.82, 2.24) is 4.57 Å². The van der Waals surface area contributed by atoms with Crippen molar-refractivity contribution < 1.29 is 10.2 Å². The van der Waals surface area contributed by atoms with Gasteiger partial charge >= 0.3 is 0 Å². The van der Waals surface area contributed by atoms with E-state index in [-0.39, 0.29) is 18.2 Å². The Morgan fingerprint density at radius 3 is 2.72 bits per heavy atom. The van der Waals surface area contributed by atoms with Gasteiger partial charge in [-0.2, -0.15) is 5.26 Å². The Morgan fingerprint density at radius 1 is 1.33 bits per heavy atom. The predicted octanol–water partition coefficient (Wildman–Crippen LogP) is 2.92. The van der Waals surface area contributed by atoms with Gasteiger partial charge < -0.3 is 10.2 Å². The molecule has 0 radical (unpaired) electrons. The summed E-state index contributed by atoms with van der Waals surface area (Å²) in [6.07, 6.45) is 0.0337. The smallest absolute Gasteiger partial charge is 0.203 e. The first-order valence-corrected chi connectivity index (χ1v) is 5.68. The number of nitriles is 1. The average molecular weight is 263 g/mol. The molecular weight excluding hydrogens is 252 g/mol. The van der Waals surface area contributed by atoms with E-state index in [2.05, 4.69) is 0 Å². The van der Waals surface area contributed by atoms with Gasteiger partial charge in [-0.15, -0.1) is 0 Å². The van der Waals surface area contributed by atoms with Gasteiger partial charge in [0.05, 0.1) is 18.2 Å². The van der Waals surface area contributed by atoms with Crippen LogP contribution in [0.2, 0.25) is 5.02 Å². The van der Waals surface area contributed by atoms with Crippen molar-refractivity contribution >= 4 is 11.6 Å². The van der Waals surface area contributed by atoms with E-state index in [0.29, 0.717) is 16.3 Å². The zero-order valence-corrected chi connectivity index (χ0v) is 10.4. The molecule has 92 valence electrons. The number of rotatable bonds is 2. The number of benzene rings is 1. The molecule has 2 aromatic rings. The van der Waals surface area contributed by atoms with E-state index in [9.17, 15) is 10.2 Å². The van der Waals surface area contributed by atoms with Crippen molar-refractivity contribution in [2.75, 3.05) is 0 Å². The summed E-state index contributed by atoms with van der Waals surface area (Å²) in [7, 11) is 0. The molecule has 0 bridgehead atoms. The number of halogens is 1. The summed E-state index contributed by atoms with van der Waals surface area (Å²) in [6, 6.07) is 8.47. The minimum absolute atomic E-state index is 0.0337. The van der Waals surface area contributed by atoms with Crippen LogP contribution in [0.15, 0.2) is 24.3 Å². The standard InChI is InChI=1S/C13H11ClN2O2/c1-8-2-3-10(14)7-11(8)16-12(17)6-9(4-5-15)13(16)18/h2-3,6-7,17-18H,4H2,1H3. The van der Waals surface area contributed by atoms with Crippen molar-refractivity contribution in [3.63, 3.8) is 0 Å². The number of hydrogen-bond acceptors (Lipinski definition) is 3. The fourth-order valence-corrected chi connectivity index (χ4v) is 1.98. The Bertz CT molecular complexity index is 641. The third kappa shape index (κ3) is 2.01. The highest BCUT2D eigenvalue weighted by molar-refractivity contribution is 6.30. The Balaban J connectivity index is 2.64. The van der Waals surface area contributed by atoms with Gasteiger partial charge in [-0.05, 0) is 24.6 Å². The lowest BCUT2D eigenvalue weighted by Gasteiger charge is -2.10. The molecule has 1 aromatic heterocycles. The molecule has 1 heterocycles.